The highest BCUT2D eigenvalue weighted by Crippen LogP contribution is 2.68. The summed E-state index contributed by atoms with van der Waals surface area (Å²) in [5.74, 6) is -1.97. The molecule has 3 fully saturated rings. The zero-order chi connectivity index (χ0) is 25.8. The first-order valence-corrected chi connectivity index (χ1v) is 14.5. The average molecular weight is 572 g/mol. The number of esters is 1. The fourth-order valence-electron chi connectivity index (χ4n) is 5.85. The van der Waals surface area contributed by atoms with Gasteiger partial charge < -0.3 is 19.6 Å². The molecule has 196 valence electrons. The number of nitrogens with zero attached hydrogens (tertiary/aromatic N) is 2. The van der Waals surface area contributed by atoms with Crippen molar-refractivity contribution < 1.29 is 24.2 Å². The smallest absolute Gasteiger partial charge is 0.310 e. The van der Waals surface area contributed by atoms with Crippen LogP contribution in [0.15, 0.2) is 25.3 Å². The molecule has 9 heteroatoms. The van der Waals surface area contributed by atoms with Crippen LogP contribution in [0.2, 0.25) is 0 Å². The van der Waals surface area contributed by atoms with Gasteiger partial charge in [-0.2, -0.15) is 0 Å². The molecular formula is C26H39BrN2O5S. The molecule has 3 aliphatic rings. The molecule has 3 aliphatic heterocycles. The normalized spacial score (nSPS) is 31.8. The Morgan fingerprint density at radius 3 is 2.71 bits per heavy atom. The van der Waals surface area contributed by atoms with Crippen LogP contribution in [0.25, 0.3) is 0 Å². The second kappa shape index (κ2) is 12.3. The summed E-state index contributed by atoms with van der Waals surface area (Å²) in [7, 11) is 0. The lowest BCUT2D eigenvalue weighted by Gasteiger charge is -2.39. The Hall–Kier alpha value is -1.32. The van der Waals surface area contributed by atoms with Crippen LogP contribution in [-0.4, -0.2) is 85.9 Å². The monoisotopic (exact) mass is 570 g/mol. The van der Waals surface area contributed by atoms with Crippen LogP contribution in [0.5, 0.6) is 0 Å². The van der Waals surface area contributed by atoms with Crippen LogP contribution in [0.3, 0.4) is 0 Å². The molecule has 0 saturated carbocycles. The van der Waals surface area contributed by atoms with E-state index < -0.39 is 28.7 Å². The Kier molecular flexibility index (Phi) is 9.91. The minimum atomic E-state index is -0.739. The molecule has 0 aromatic carbocycles. The SMILES string of the molecule is C=CCCCOC(=O)[C@H]1[C@H]2C(=O)N([C@H](C)CO)C(C(=O)N(CC=C)CCCCC)C23CC(Br)[C@@H]1S3. The van der Waals surface area contributed by atoms with E-state index in [9.17, 15) is 19.5 Å². The van der Waals surface area contributed by atoms with Crippen LogP contribution in [0.1, 0.15) is 52.4 Å². The highest BCUT2D eigenvalue weighted by Gasteiger charge is 2.76. The van der Waals surface area contributed by atoms with Gasteiger partial charge in [0.05, 0.1) is 35.8 Å². The summed E-state index contributed by atoms with van der Waals surface area (Å²) in [6, 6.07) is -1.27. The number of carbonyl (C=O) groups excluding carboxylic acids is 3. The number of ether oxygens (including phenoxy) is 1. The van der Waals surface area contributed by atoms with Crippen LogP contribution >= 0.6 is 27.7 Å². The van der Waals surface area contributed by atoms with E-state index in [4.69, 9.17) is 4.74 Å². The van der Waals surface area contributed by atoms with E-state index in [1.165, 1.54) is 0 Å². The Bertz CT molecular complexity index is 826. The highest BCUT2D eigenvalue weighted by atomic mass is 79.9. The number of hydrogen-bond donors (Lipinski definition) is 1. The van der Waals surface area contributed by atoms with Gasteiger partial charge in [-0.3, -0.25) is 14.4 Å². The third-order valence-corrected chi connectivity index (χ3v) is 10.7. The number of halogens is 1. The second-order valence-corrected chi connectivity index (χ2v) is 12.5. The second-order valence-electron chi connectivity index (χ2n) is 9.82. The summed E-state index contributed by atoms with van der Waals surface area (Å²) < 4.78 is 4.87. The van der Waals surface area contributed by atoms with E-state index in [1.807, 2.05) is 0 Å². The zero-order valence-corrected chi connectivity index (χ0v) is 23.3. The van der Waals surface area contributed by atoms with Crippen molar-refractivity contribution in [3.63, 3.8) is 0 Å². The lowest BCUT2D eigenvalue weighted by atomic mass is 9.71. The lowest BCUT2D eigenvalue weighted by molar-refractivity contribution is -0.154. The fourth-order valence-corrected chi connectivity index (χ4v) is 9.43. The van der Waals surface area contributed by atoms with Crippen molar-refractivity contribution in [3.05, 3.63) is 25.3 Å². The molecule has 0 aromatic rings. The maximum Gasteiger partial charge on any atom is 0.310 e. The number of rotatable bonds is 14. The fraction of sp³-hybridized carbons (Fsp3) is 0.731. The molecule has 1 N–H and O–H groups in total. The number of fused-ring (bicyclic) bond motifs is 1. The van der Waals surface area contributed by atoms with Crippen LogP contribution < -0.4 is 0 Å². The van der Waals surface area contributed by atoms with E-state index in [-0.39, 0.29) is 41.1 Å². The van der Waals surface area contributed by atoms with Gasteiger partial charge in [0.25, 0.3) is 0 Å². The number of allylic oxidation sites excluding steroid dienone is 1. The van der Waals surface area contributed by atoms with E-state index >= 15 is 0 Å². The molecule has 0 aromatic heterocycles. The van der Waals surface area contributed by atoms with Crippen molar-refractivity contribution >= 4 is 45.5 Å². The summed E-state index contributed by atoms with van der Waals surface area (Å²) in [5, 5.41) is 9.87. The number of amides is 2. The predicted octanol–water partition coefficient (Wildman–Crippen LogP) is 3.55. The topological polar surface area (TPSA) is 87.1 Å². The first-order valence-electron chi connectivity index (χ1n) is 12.7. The van der Waals surface area contributed by atoms with Crippen molar-refractivity contribution in [2.24, 2.45) is 11.8 Å². The van der Waals surface area contributed by atoms with Gasteiger partial charge >= 0.3 is 5.97 Å². The summed E-state index contributed by atoms with van der Waals surface area (Å²) in [4.78, 5) is 44.6. The van der Waals surface area contributed by atoms with Gasteiger partial charge in [0.2, 0.25) is 11.8 Å². The molecule has 2 amide bonds. The molecule has 0 radical (unpaired) electrons. The van der Waals surface area contributed by atoms with E-state index in [0.29, 0.717) is 25.9 Å². The average Bonchev–Trinajstić information content (AvgIpc) is 3.43. The van der Waals surface area contributed by atoms with E-state index in [0.717, 1.165) is 25.7 Å². The van der Waals surface area contributed by atoms with Gasteiger partial charge in [-0.15, -0.1) is 24.9 Å². The number of aliphatic hydroxyl groups excluding tert-OH is 1. The molecule has 3 rings (SSSR count). The Morgan fingerprint density at radius 2 is 2.09 bits per heavy atom. The van der Waals surface area contributed by atoms with Crippen molar-refractivity contribution in [2.75, 3.05) is 26.3 Å². The van der Waals surface area contributed by atoms with Gasteiger partial charge in [-0.05, 0) is 32.6 Å². The Balaban J connectivity index is 1.96. The molecule has 2 bridgehead atoms. The van der Waals surface area contributed by atoms with E-state index in [2.05, 4.69) is 36.0 Å². The van der Waals surface area contributed by atoms with E-state index in [1.54, 1.807) is 40.6 Å². The number of aliphatic hydroxyl groups is 1. The highest BCUT2D eigenvalue weighted by molar-refractivity contribution is 9.09. The quantitative estimate of drug-likeness (QED) is 0.149. The number of thioether (sulfide) groups is 1. The largest absolute Gasteiger partial charge is 0.465 e. The minimum Gasteiger partial charge on any atom is -0.465 e. The number of hydrogen-bond acceptors (Lipinski definition) is 6. The van der Waals surface area contributed by atoms with Gasteiger partial charge in [0, 0.05) is 23.2 Å². The standard InChI is InChI=1S/C26H39BrN2O5S/c1-5-8-10-13-28(12-7-3)24(32)22-26-15-18(27)21(35-26)19(25(33)34-14-11-9-6-2)20(26)23(31)29(22)17(4)16-30/h6-7,17-22,30H,2-3,5,8-16H2,1,4H3/t17-,18?,19+,20+,21+,22?,26?/m1/s1. The molecule has 35 heavy (non-hydrogen) atoms. The number of likely N-dealkylation sites (tertiary alicyclic amines) is 1. The third-order valence-electron chi connectivity index (χ3n) is 7.46. The minimum absolute atomic E-state index is 0.00472. The van der Waals surface area contributed by atoms with Crippen LogP contribution in [0, 0.1) is 11.8 Å². The Morgan fingerprint density at radius 1 is 1.34 bits per heavy atom. The molecule has 1 spiro atoms. The molecular weight excluding hydrogens is 532 g/mol. The summed E-state index contributed by atoms with van der Waals surface area (Å²) >= 11 is 5.35. The van der Waals surface area contributed by atoms with Crippen molar-refractivity contribution in [2.45, 2.75) is 79.3 Å². The number of alkyl halides is 1. The molecule has 3 saturated heterocycles. The maximum absolute atomic E-state index is 14.1. The van der Waals surface area contributed by atoms with Gasteiger partial charge in [0.15, 0.2) is 0 Å². The van der Waals surface area contributed by atoms with Gasteiger partial charge in [0.1, 0.15) is 6.04 Å². The predicted molar refractivity (Wildman–Crippen MR) is 142 cm³/mol. The molecule has 3 heterocycles. The van der Waals surface area contributed by atoms with Crippen LogP contribution in [-0.2, 0) is 19.1 Å². The molecule has 7 nitrogen and oxygen atoms in total. The zero-order valence-electron chi connectivity index (χ0n) is 20.9. The number of carbonyl (C=O) groups is 3. The number of unbranched alkanes of at least 4 members (excludes halogenated alkanes) is 3. The molecule has 7 atom stereocenters. The first kappa shape index (κ1) is 28.3. The molecule has 0 aliphatic carbocycles. The Labute approximate surface area is 221 Å². The van der Waals surface area contributed by atoms with Crippen molar-refractivity contribution in [1.82, 2.24) is 9.80 Å². The summed E-state index contributed by atoms with van der Waals surface area (Å²) in [6.07, 6.45) is 8.46. The van der Waals surface area contributed by atoms with Gasteiger partial charge in [-0.1, -0.05) is 47.8 Å². The van der Waals surface area contributed by atoms with Gasteiger partial charge in [-0.25, -0.2) is 0 Å². The maximum atomic E-state index is 14.1. The van der Waals surface area contributed by atoms with Crippen LogP contribution in [0.4, 0.5) is 0 Å². The summed E-state index contributed by atoms with van der Waals surface area (Å²) in [6.45, 7) is 12.4. The first-order chi connectivity index (χ1) is 16.8. The lowest BCUT2D eigenvalue weighted by Crippen LogP contribution is -2.57. The third kappa shape index (κ3) is 5.23. The van der Waals surface area contributed by atoms with Crippen molar-refractivity contribution in [3.8, 4) is 0 Å². The molecule has 3 unspecified atom stereocenters. The summed E-state index contributed by atoms with van der Waals surface area (Å²) in [5.41, 5.74) is 0. The van der Waals surface area contributed by atoms with Crippen molar-refractivity contribution in [1.29, 1.82) is 0 Å².